The van der Waals surface area contributed by atoms with E-state index in [-0.39, 0.29) is 12.2 Å². The average molecular weight is 144 g/mol. The Morgan fingerprint density at radius 2 is 2.30 bits per heavy atom. The molecule has 1 rings (SSSR count). The summed E-state index contributed by atoms with van der Waals surface area (Å²) < 4.78 is 5.41. The Morgan fingerprint density at radius 1 is 1.50 bits per heavy atom. The van der Waals surface area contributed by atoms with Crippen molar-refractivity contribution in [3.8, 4) is 0 Å². The zero-order chi connectivity index (χ0) is 7.40. The largest absolute Gasteiger partial charge is 0.390 e. The van der Waals surface area contributed by atoms with Gasteiger partial charge in [-0.1, -0.05) is 6.92 Å². The van der Waals surface area contributed by atoms with Crippen LogP contribution in [0.3, 0.4) is 0 Å². The molecule has 1 saturated carbocycles. The highest BCUT2D eigenvalue weighted by Crippen LogP contribution is 2.21. The van der Waals surface area contributed by atoms with Gasteiger partial charge in [0, 0.05) is 6.61 Å². The van der Waals surface area contributed by atoms with Gasteiger partial charge in [-0.15, -0.1) is 0 Å². The Kier molecular flexibility index (Phi) is 3.16. The fourth-order valence-electron chi connectivity index (χ4n) is 1.37. The van der Waals surface area contributed by atoms with Gasteiger partial charge in [-0.3, -0.25) is 0 Å². The van der Waals surface area contributed by atoms with Gasteiger partial charge in [0.2, 0.25) is 0 Å². The third-order valence-corrected chi connectivity index (χ3v) is 1.95. The highest BCUT2D eigenvalue weighted by Gasteiger charge is 2.25. The van der Waals surface area contributed by atoms with E-state index in [4.69, 9.17) is 4.74 Å². The molecule has 2 unspecified atom stereocenters. The molecule has 1 aliphatic rings. The predicted octanol–water partition coefficient (Wildman–Crippen LogP) is 1.33. The zero-order valence-corrected chi connectivity index (χ0v) is 6.55. The van der Waals surface area contributed by atoms with E-state index < -0.39 is 0 Å². The molecule has 0 heterocycles. The maximum absolute atomic E-state index is 9.29. The van der Waals surface area contributed by atoms with Crippen molar-refractivity contribution in [3.63, 3.8) is 0 Å². The quantitative estimate of drug-likeness (QED) is 0.647. The first kappa shape index (κ1) is 8.02. The monoisotopic (exact) mass is 144 g/mol. The average Bonchev–Trinajstić information content (AvgIpc) is 2.31. The summed E-state index contributed by atoms with van der Waals surface area (Å²) in [6.07, 6.45) is 4.08. The molecule has 2 nitrogen and oxygen atoms in total. The molecule has 0 spiro atoms. The van der Waals surface area contributed by atoms with Gasteiger partial charge in [-0.2, -0.15) is 0 Å². The van der Waals surface area contributed by atoms with Crippen molar-refractivity contribution >= 4 is 0 Å². The van der Waals surface area contributed by atoms with E-state index in [0.29, 0.717) is 0 Å². The van der Waals surface area contributed by atoms with Gasteiger partial charge in [0.05, 0.1) is 12.2 Å². The molecule has 1 N–H and O–H groups in total. The van der Waals surface area contributed by atoms with Crippen molar-refractivity contribution in [2.24, 2.45) is 0 Å². The number of aliphatic hydroxyl groups is 1. The number of rotatable bonds is 3. The normalized spacial score (nSPS) is 33.0. The number of aliphatic hydroxyl groups excluding tert-OH is 1. The predicted molar refractivity (Wildman–Crippen MR) is 39.9 cm³/mol. The summed E-state index contributed by atoms with van der Waals surface area (Å²) in [6, 6.07) is 0. The Labute approximate surface area is 62.2 Å². The van der Waals surface area contributed by atoms with E-state index >= 15 is 0 Å². The van der Waals surface area contributed by atoms with Gasteiger partial charge in [0.15, 0.2) is 0 Å². The molecule has 0 amide bonds. The Balaban J connectivity index is 2.14. The number of hydrogen-bond acceptors (Lipinski definition) is 2. The minimum absolute atomic E-state index is 0.139. The lowest BCUT2D eigenvalue weighted by molar-refractivity contribution is -0.0181. The molecule has 0 radical (unpaired) electrons. The van der Waals surface area contributed by atoms with Crippen LogP contribution in [0.2, 0.25) is 0 Å². The summed E-state index contributed by atoms with van der Waals surface area (Å²) in [4.78, 5) is 0. The molecule has 0 aromatic heterocycles. The van der Waals surface area contributed by atoms with Gasteiger partial charge >= 0.3 is 0 Å². The van der Waals surface area contributed by atoms with Crippen LogP contribution >= 0.6 is 0 Å². The topological polar surface area (TPSA) is 29.5 Å². The van der Waals surface area contributed by atoms with Crippen LogP contribution < -0.4 is 0 Å². The standard InChI is InChI=1S/C8H16O2/c1-2-6-10-8-5-3-4-7(8)9/h7-9H,2-6H2,1H3. The van der Waals surface area contributed by atoms with Gasteiger partial charge in [0.25, 0.3) is 0 Å². The summed E-state index contributed by atoms with van der Waals surface area (Å²) in [5, 5.41) is 9.29. The van der Waals surface area contributed by atoms with Gasteiger partial charge in [0.1, 0.15) is 0 Å². The number of ether oxygens (including phenoxy) is 1. The first-order chi connectivity index (χ1) is 4.84. The van der Waals surface area contributed by atoms with Crippen molar-refractivity contribution in [1.82, 2.24) is 0 Å². The molecule has 0 saturated heterocycles. The second-order valence-corrected chi connectivity index (χ2v) is 2.91. The van der Waals surface area contributed by atoms with Crippen molar-refractivity contribution in [2.45, 2.75) is 44.8 Å². The van der Waals surface area contributed by atoms with Crippen LogP contribution in [0.15, 0.2) is 0 Å². The lowest BCUT2D eigenvalue weighted by Gasteiger charge is -2.14. The summed E-state index contributed by atoms with van der Waals surface area (Å²) in [7, 11) is 0. The van der Waals surface area contributed by atoms with Crippen molar-refractivity contribution < 1.29 is 9.84 Å². The molecule has 0 aliphatic heterocycles. The number of hydrogen-bond donors (Lipinski definition) is 1. The molecular weight excluding hydrogens is 128 g/mol. The Morgan fingerprint density at radius 3 is 2.80 bits per heavy atom. The maximum Gasteiger partial charge on any atom is 0.0833 e. The zero-order valence-electron chi connectivity index (χ0n) is 6.55. The van der Waals surface area contributed by atoms with E-state index in [0.717, 1.165) is 32.3 Å². The molecule has 1 fully saturated rings. The van der Waals surface area contributed by atoms with Crippen LogP contribution in [-0.2, 0) is 4.74 Å². The highest BCUT2D eigenvalue weighted by molar-refractivity contribution is 4.76. The van der Waals surface area contributed by atoms with E-state index in [1.807, 2.05) is 0 Å². The van der Waals surface area contributed by atoms with E-state index in [1.165, 1.54) is 0 Å². The van der Waals surface area contributed by atoms with Crippen molar-refractivity contribution in [3.05, 3.63) is 0 Å². The third-order valence-electron chi connectivity index (χ3n) is 1.95. The molecular formula is C8H16O2. The summed E-state index contributed by atoms with van der Waals surface area (Å²) >= 11 is 0. The maximum atomic E-state index is 9.29. The highest BCUT2D eigenvalue weighted by atomic mass is 16.5. The molecule has 2 heteroatoms. The first-order valence-corrected chi connectivity index (χ1v) is 4.14. The van der Waals surface area contributed by atoms with Gasteiger partial charge in [-0.25, -0.2) is 0 Å². The van der Waals surface area contributed by atoms with Gasteiger partial charge < -0.3 is 9.84 Å². The Bertz CT molecular complexity index is 93.3. The van der Waals surface area contributed by atoms with E-state index in [1.54, 1.807) is 0 Å². The van der Waals surface area contributed by atoms with Crippen LogP contribution in [0, 0.1) is 0 Å². The lowest BCUT2D eigenvalue weighted by atomic mass is 10.2. The van der Waals surface area contributed by atoms with E-state index in [9.17, 15) is 5.11 Å². The second kappa shape index (κ2) is 3.94. The van der Waals surface area contributed by atoms with E-state index in [2.05, 4.69) is 6.92 Å². The van der Waals surface area contributed by atoms with Crippen LogP contribution in [0.25, 0.3) is 0 Å². The molecule has 60 valence electrons. The minimum Gasteiger partial charge on any atom is -0.390 e. The molecule has 0 aromatic carbocycles. The summed E-state index contributed by atoms with van der Waals surface area (Å²) in [6.45, 7) is 2.88. The van der Waals surface area contributed by atoms with Crippen molar-refractivity contribution in [2.75, 3.05) is 6.61 Å². The van der Waals surface area contributed by atoms with Crippen LogP contribution in [0.5, 0.6) is 0 Å². The van der Waals surface area contributed by atoms with Crippen LogP contribution in [-0.4, -0.2) is 23.9 Å². The van der Waals surface area contributed by atoms with Gasteiger partial charge in [-0.05, 0) is 25.7 Å². The molecule has 0 aromatic rings. The summed E-state index contributed by atoms with van der Waals surface area (Å²) in [5.41, 5.74) is 0. The lowest BCUT2D eigenvalue weighted by Crippen LogP contribution is -2.22. The smallest absolute Gasteiger partial charge is 0.0833 e. The second-order valence-electron chi connectivity index (χ2n) is 2.91. The van der Waals surface area contributed by atoms with Crippen LogP contribution in [0.4, 0.5) is 0 Å². The van der Waals surface area contributed by atoms with Crippen LogP contribution in [0.1, 0.15) is 32.6 Å². The Hall–Kier alpha value is -0.0800. The fraction of sp³-hybridized carbons (Fsp3) is 1.00. The molecule has 2 atom stereocenters. The molecule has 10 heavy (non-hydrogen) atoms. The SMILES string of the molecule is CCCOC1CCCC1O. The fourth-order valence-corrected chi connectivity index (χ4v) is 1.37. The minimum atomic E-state index is -0.188. The third kappa shape index (κ3) is 1.96. The first-order valence-electron chi connectivity index (χ1n) is 4.14. The molecule has 1 aliphatic carbocycles. The molecule has 0 bridgehead atoms. The summed E-state index contributed by atoms with van der Waals surface area (Å²) in [5.74, 6) is 0. The van der Waals surface area contributed by atoms with Crippen molar-refractivity contribution in [1.29, 1.82) is 0 Å².